The van der Waals surface area contributed by atoms with E-state index < -0.39 is 0 Å². The van der Waals surface area contributed by atoms with Gasteiger partial charge in [-0.25, -0.2) is 0 Å². The van der Waals surface area contributed by atoms with Crippen molar-refractivity contribution < 1.29 is 9.53 Å². The third kappa shape index (κ3) is 5.26. The van der Waals surface area contributed by atoms with Gasteiger partial charge in [0.1, 0.15) is 6.04 Å². The van der Waals surface area contributed by atoms with Crippen molar-refractivity contribution in [3.8, 4) is 12.3 Å². The molecule has 0 spiro atoms. The molecule has 74 valence electrons. The molecule has 0 aromatic carbocycles. The van der Waals surface area contributed by atoms with E-state index in [0.717, 1.165) is 0 Å². The summed E-state index contributed by atoms with van der Waals surface area (Å²) in [6, 6.07) is -0.146. The summed E-state index contributed by atoms with van der Waals surface area (Å²) in [6.45, 7) is 6.09. The van der Waals surface area contributed by atoms with Crippen LogP contribution in [-0.4, -0.2) is 24.7 Å². The second kappa shape index (κ2) is 6.50. The second-order valence-electron chi connectivity index (χ2n) is 3.03. The Labute approximate surface area is 79.8 Å². The Morgan fingerprint density at radius 1 is 1.62 bits per heavy atom. The number of carbonyl (C=O) groups excluding carboxylic acids is 1. The van der Waals surface area contributed by atoms with E-state index in [1.165, 1.54) is 0 Å². The molecule has 0 aromatic rings. The third-order valence-electron chi connectivity index (χ3n) is 1.43. The fraction of sp³-hybridized carbons (Fsp3) is 0.700. The van der Waals surface area contributed by atoms with Crippen LogP contribution in [0.25, 0.3) is 0 Å². The SMILES string of the molecule is C#CCC(NC(C)C)C(=O)OCC. The molecular formula is C10H17NO2. The Bertz CT molecular complexity index is 194. The summed E-state index contributed by atoms with van der Waals surface area (Å²) in [5.74, 6) is 2.18. The van der Waals surface area contributed by atoms with Crippen LogP contribution >= 0.6 is 0 Å². The van der Waals surface area contributed by atoms with E-state index in [-0.39, 0.29) is 18.1 Å². The van der Waals surface area contributed by atoms with E-state index in [2.05, 4.69) is 11.2 Å². The minimum atomic E-state index is -0.370. The molecule has 0 aliphatic carbocycles. The van der Waals surface area contributed by atoms with Crippen molar-refractivity contribution in [2.24, 2.45) is 0 Å². The van der Waals surface area contributed by atoms with Crippen molar-refractivity contribution in [2.75, 3.05) is 6.61 Å². The van der Waals surface area contributed by atoms with Crippen LogP contribution in [-0.2, 0) is 9.53 Å². The molecule has 3 nitrogen and oxygen atoms in total. The van der Waals surface area contributed by atoms with Gasteiger partial charge in [0.2, 0.25) is 0 Å². The first-order valence-electron chi connectivity index (χ1n) is 4.48. The topological polar surface area (TPSA) is 38.3 Å². The van der Waals surface area contributed by atoms with Crippen molar-refractivity contribution in [2.45, 2.75) is 39.3 Å². The monoisotopic (exact) mass is 183 g/mol. The lowest BCUT2D eigenvalue weighted by molar-refractivity contribution is -0.145. The van der Waals surface area contributed by atoms with Crippen LogP contribution in [0.15, 0.2) is 0 Å². The van der Waals surface area contributed by atoms with Gasteiger partial charge in [-0.05, 0) is 6.92 Å². The minimum Gasteiger partial charge on any atom is -0.465 e. The van der Waals surface area contributed by atoms with Gasteiger partial charge in [-0.15, -0.1) is 12.3 Å². The van der Waals surface area contributed by atoms with Gasteiger partial charge in [-0.2, -0.15) is 0 Å². The van der Waals surface area contributed by atoms with Crippen molar-refractivity contribution in [1.82, 2.24) is 5.32 Å². The number of carbonyl (C=O) groups is 1. The van der Waals surface area contributed by atoms with Gasteiger partial charge in [0.15, 0.2) is 0 Å². The molecule has 1 N–H and O–H groups in total. The van der Waals surface area contributed by atoms with Gasteiger partial charge in [0, 0.05) is 12.5 Å². The maximum absolute atomic E-state index is 11.3. The highest BCUT2D eigenvalue weighted by Gasteiger charge is 2.18. The van der Waals surface area contributed by atoms with Crippen LogP contribution in [0.2, 0.25) is 0 Å². The van der Waals surface area contributed by atoms with Crippen LogP contribution in [0.3, 0.4) is 0 Å². The van der Waals surface area contributed by atoms with E-state index in [1.807, 2.05) is 13.8 Å². The molecule has 0 aliphatic heterocycles. The van der Waals surface area contributed by atoms with Gasteiger partial charge in [0.05, 0.1) is 6.61 Å². The van der Waals surface area contributed by atoms with Crippen LogP contribution in [0.5, 0.6) is 0 Å². The largest absolute Gasteiger partial charge is 0.465 e. The number of ether oxygens (including phenoxy) is 1. The fourth-order valence-corrected chi connectivity index (χ4v) is 0.973. The smallest absolute Gasteiger partial charge is 0.324 e. The Hall–Kier alpha value is -1.01. The van der Waals surface area contributed by atoms with Gasteiger partial charge < -0.3 is 10.1 Å². The minimum absolute atomic E-state index is 0.225. The van der Waals surface area contributed by atoms with Crippen LogP contribution in [0.4, 0.5) is 0 Å². The zero-order valence-electron chi connectivity index (χ0n) is 8.46. The number of hydrogen-bond donors (Lipinski definition) is 1. The number of nitrogens with one attached hydrogen (secondary N) is 1. The van der Waals surface area contributed by atoms with Gasteiger partial charge in [0.25, 0.3) is 0 Å². The molecule has 1 atom stereocenters. The number of esters is 1. The molecule has 13 heavy (non-hydrogen) atoms. The number of terminal acetylenes is 1. The molecule has 0 heterocycles. The summed E-state index contributed by atoms with van der Waals surface area (Å²) in [6.07, 6.45) is 5.51. The lowest BCUT2D eigenvalue weighted by atomic mass is 10.2. The first-order valence-corrected chi connectivity index (χ1v) is 4.48. The molecule has 0 aromatic heterocycles. The average Bonchev–Trinajstić information content (AvgIpc) is 2.03. The summed E-state index contributed by atoms with van der Waals surface area (Å²) in [4.78, 5) is 11.3. The van der Waals surface area contributed by atoms with Gasteiger partial charge in [-0.3, -0.25) is 4.79 Å². The summed E-state index contributed by atoms with van der Waals surface area (Å²) in [5.41, 5.74) is 0. The zero-order chi connectivity index (χ0) is 10.3. The van der Waals surface area contributed by atoms with Crippen LogP contribution in [0, 0.1) is 12.3 Å². The van der Waals surface area contributed by atoms with Crippen molar-refractivity contribution in [3.63, 3.8) is 0 Å². The number of hydrogen-bond acceptors (Lipinski definition) is 3. The summed E-state index contributed by atoms with van der Waals surface area (Å²) in [5, 5.41) is 3.05. The Morgan fingerprint density at radius 3 is 2.62 bits per heavy atom. The predicted octanol–water partition coefficient (Wildman–Crippen LogP) is 0.939. The standard InChI is InChI=1S/C10H17NO2/c1-5-7-9(11-8(3)4)10(12)13-6-2/h1,8-9,11H,6-7H2,2-4H3. The van der Waals surface area contributed by atoms with Crippen LogP contribution < -0.4 is 5.32 Å². The maximum atomic E-state index is 11.3. The van der Waals surface area contributed by atoms with E-state index in [1.54, 1.807) is 6.92 Å². The lowest BCUT2D eigenvalue weighted by Gasteiger charge is -2.17. The molecule has 0 saturated carbocycles. The number of rotatable bonds is 5. The Morgan fingerprint density at radius 2 is 2.23 bits per heavy atom. The van der Waals surface area contributed by atoms with Crippen molar-refractivity contribution in [1.29, 1.82) is 0 Å². The Balaban J connectivity index is 4.08. The maximum Gasteiger partial charge on any atom is 0.324 e. The molecule has 0 saturated heterocycles. The summed E-state index contributed by atoms with van der Waals surface area (Å²) < 4.78 is 4.86. The molecule has 0 bridgehead atoms. The van der Waals surface area contributed by atoms with Gasteiger partial charge >= 0.3 is 5.97 Å². The van der Waals surface area contributed by atoms with Crippen molar-refractivity contribution >= 4 is 5.97 Å². The van der Waals surface area contributed by atoms with Crippen molar-refractivity contribution in [3.05, 3.63) is 0 Å². The van der Waals surface area contributed by atoms with E-state index in [9.17, 15) is 4.79 Å². The highest BCUT2D eigenvalue weighted by molar-refractivity contribution is 5.76. The molecule has 0 radical (unpaired) electrons. The van der Waals surface area contributed by atoms with E-state index in [0.29, 0.717) is 13.0 Å². The first kappa shape index (κ1) is 12.0. The predicted molar refractivity (Wildman–Crippen MR) is 52.1 cm³/mol. The molecule has 1 unspecified atom stereocenters. The van der Waals surface area contributed by atoms with E-state index >= 15 is 0 Å². The quantitative estimate of drug-likeness (QED) is 0.509. The van der Waals surface area contributed by atoms with E-state index in [4.69, 9.17) is 11.2 Å². The summed E-state index contributed by atoms with van der Waals surface area (Å²) in [7, 11) is 0. The zero-order valence-corrected chi connectivity index (χ0v) is 8.46. The normalized spacial score (nSPS) is 12.2. The third-order valence-corrected chi connectivity index (χ3v) is 1.43. The van der Waals surface area contributed by atoms with Crippen LogP contribution in [0.1, 0.15) is 27.2 Å². The molecule has 0 rings (SSSR count). The molecule has 3 heteroatoms. The lowest BCUT2D eigenvalue weighted by Crippen LogP contribution is -2.41. The Kier molecular flexibility index (Phi) is 5.99. The molecule has 0 amide bonds. The summed E-state index contributed by atoms with van der Waals surface area (Å²) >= 11 is 0. The molecule has 0 fully saturated rings. The second-order valence-corrected chi connectivity index (χ2v) is 3.03. The fourth-order valence-electron chi connectivity index (χ4n) is 0.973. The molecular weight excluding hydrogens is 166 g/mol. The average molecular weight is 183 g/mol. The highest BCUT2D eigenvalue weighted by atomic mass is 16.5. The molecule has 0 aliphatic rings. The van der Waals surface area contributed by atoms with Gasteiger partial charge in [-0.1, -0.05) is 13.8 Å². The first-order chi connectivity index (χ1) is 6.11. The highest BCUT2D eigenvalue weighted by Crippen LogP contribution is 1.96.